The minimum atomic E-state index is 0.156. The molecule has 0 saturated carbocycles. The second-order valence-electron chi connectivity index (χ2n) is 4.70. The molecule has 0 aliphatic carbocycles. The molecular weight excluding hydrogens is 262 g/mol. The minimum Gasteiger partial charge on any atom is -0.328 e. The Bertz CT molecular complexity index is 384. The van der Waals surface area contributed by atoms with Gasteiger partial charge in [0.05, 0.1) is 5.25 Å². The first kappa shape index (κ1) is 14.2. The molecule has 3 nitrogen and oxygen atoms in total. The van der Waals surface area contributed by atoms with Crippen LogP contribution in [-0.2, 0) is 6.42 Å². The van der Waals surface area contributed by atoms with Crippen LogP contribution in [0.1, 0.15) is 37.0 Å². The summed E-state index contributed by atoms with van der Waals surface area (Å²) in [5.41, 5.74) is 6.91. The summed E-state index contributed by atoms with van der Waals surface area (Å²) >= 11 is 4.06. The maximum Gasteiger partial charge on any atom is 0.142 e. The molecule has 1 saturated heterocycles. The van der Waals surface area contributed by atoms with Gasteiger partial charge < -0.3 is 5.73 Å². The summed E-state index contributed by atoms with van der Waals surface area (Å²) in [7, 11) is 0. The van der Waals surface area contributed by atoms with Crippen LogP contribution >= 0.6 is 23.5 Å². The van der Waals surface area contributed by atoms with Gasteiger partial charge >= 0.3 is 0 Å². The van der Waals surface area contributed by atoms with Gasteiger partial charge in [-0.2, -0.15) is 11.8 Å². The molecule has 2 heterocycles. The fourth-order valence-corrected chi connectivity index (χ4v) is 5.14. The van der Waals surface area contributed by atoms with Crippen molar-refractivity contribution in [2.75, 3.05) is 11.5 Å². The lowest BCUT2D eigenvalue weighted by Crippen LogP contribution is -2.22. The molecule has 0 radical (unpaired) electrons. The quantitative estimate of drug-likeness (QED) is 0.920. The molecular formula is C13H21N3S2. The predicted octanol–water partition coefficient (Wildman–Crippen LogP) is 2.67. The van der Waals surface area contributed by atoms with E-state index in [1.165, 1.54) is 17.9 Å². The van der Waals surface area contributed by atoms with E-state index in [0.29, 0.717) is 10.5 Å². The summed E-state index contributed by atoms with van der Waals surface area (Å²) < 4.78 is 0. The van der Waals surface area contributed by atoms with E-state index in [0.717, 1.165) is 17.9 Å². The third-order valence-corrected chi connectivity index (χ3v) is 6.21. The first-order chi connectivity index (χ1) is 8.70. The van der Waals surface area contributed by atoms with Crippen LogP contribution in [0.3, 0.4) is 0 Å². The summed E-state index contributed by atoms with van der Waals surface area (Å²) in [6.07, 6.45) is 3.90. The van der Waals surface area contributed by atoms with E-state index < -0.39 is 0 Å². The SMILES string of the molecule is CCC1SCCSC1c1nccc(CC(C)N)n1. The van der Waals surface area contributed by atoms with Crippen LogP contribution < -0.4 is 5.73 Å². The maximum absolute atomic E-state index is 5.84. The van der Waals surface area contributed by atoms with Crippen molar-refractivity contribution < 1.29 is 0 Å². The van der Waals surface area contributed by atoms with Gasteiger partial charge in [-0.25, -0.2) is 9.97 Å². The summed E-state index contributed by atoms with van der Waals surface area (Å²) in [6, 6.07) is 2.14. The number of rotatable bonds is 4. The molecule has 18 heavy (non-hydrogen) atoms. The number of hydrogen-bond donors (Lipinski definition) is 1. The van der Waals surface area contributed by atoms with E-state index >= 15 is 0 Å². The van der Waals surface area contributed by atoms with Crippen molar-refractivity contribution in [2.24, 2.45) is 5.73 Å². The van der Waals surface area contributed by atoms with Crippen molar-refractivity contribution in [1.29, 1.82) is 0 Å². The lowest BCUT2D eigenvalue weighted by Gasteiger charge is -2.28. The normalized spacial score (nSPS) is 25.9. The average molecular weight is 283 g/mol. The van der Waals surface area contributed by atoms with E-state index in [1.807, 2.05) is 30.9 Å². The highest BCUT2D eigenvalue weighted by Crippen LogP contribution is 2.42. The molecule has 1 aromatic rings. The third kappa shape index (κ3) is 3.62. The first-order valence-corrected chi connectivity index (χ1v) is 8.61. The molecule has 3 unspecified atom stereocenters. The highest BCUT2D eigenvalue weighted by Gasteiger charge is 2.28. The molecule has 0 amide bonds. The van der Waals surface area contributed by atoms with Crippen molar-refractivity contribution in [3.8, 4) is 0 Å². The van der Waals surface area contributed by atoms with Gasteiger partial charge in [0, 0.05) is 41.1 Å². The van der Waals surface area contributed by atoms with Gasteiger partial charge in [0.15, 0.2) is 0 Å². The number of hydrogen-bond acceptors (Lipinski definition) is 5. The van der Waals surface area contributed by atoms with Crippen LogP contribution in [0.15, 0.2) is 12.3 Å². The summed E-state index contributed by atoms with van der Waals surface area (Å²) in [4.78, 5) is 9.19. The van der Waals surface area contributed by atoms with Crippen molar-refractivity contribution in [2.45, 2.75) is 43.2 Å². The van der Waals surface area contributed by atoms with Crippen molar-refractivity contribution in [3.05, 3.63) is 23.8 Å². The zero-order chi connectivity index (χ0) is 13.0. The van der Waals surface area contributed by atoms with Gasteiger partial charge in [-0.15, -0.1) is 11.8 Å². The Morgan fingerprint density at radius 3 is 2.94 bits per heavy atom. The molecule has 5 heteroatoms. The molecule has 2 N–H and O–H groups in total. The fourth-order valence-electron chi connectivity index (χ4n) is 2.14. The van der Waals surface area contributed by atoms with Crippen LogP contribution in [0.2, 0.25) is 0 Å². The third-order valence-electron chi connectivity index (χ3n) is 2.97. The van der Waals surface area contributed by atoms with Gasteiger partial charge in [-0.05, 0) is 19.4 Å². The van der Waals surface area contributed by atoms with Crippen molar-refractivity contribution >= 4 is 23.5 Å². The Hall–Kier alpha value is -0.260. The van der Waals surface area contributed by atoms with Crippen molar-refractivity contribution in [3.63, 3.8) is 0 Å². The number of nitrogens with zero attached hydrogens (tertiary/aromatic N) is 2. The molecule has 0 bridgehead atoms. The molecule has 3 atom stereocenters. The number of nitrogens with two attached hydrogens (primary N) is 1. The number of aromatic nitrogens is 2. The topological polar surface area (TPSA) is 51.8 Å². The highest BCUT2D eigenvalue weighted by atomic mass is 32.2. The largest absolute Gasteiger partial charge is 0.328 e. The molecule has 1 aromatic heterocycles. The van der Waals surface area contributed by atoms with Crippen molar-refractivity contribution in [1.82, 2.24) is 9.97 Å². The maximum atomic E-state index is 5.84. The molecule has 1 aliphatic rings. The van der Waals surface area contributed by atoms with E-state index in [2.05, 4.69) is 23.7 Å². The molecule has 100 valence electrons. The lowest BCUT2D eigenvalue weighted by molar-refractivity contribution is 0.696. The highest BCUT2D eigenvalue weighted by molar-refractivity contribution is 8.06. The van der Waals surface area contributed by atoms with Crippen LogP contribution in [0.4, 0.5) is 0 Å². The second-order valence-corrected chi connectivity index (χ2v) is 7.29. The Morgan fingerprint density at radius 2 is 2.22 bits per heavy atom. The Morgan fingerprint density at radius 1 is 1.44 bits per heavy atom. The summed E-state index contributed by atoms with van der Waals surface area (Å²) in [6.45, 7) is 4.27. The molecule has 2 rings (SSSR count). The zero-order valence-corrected chi connectivity index (χ0v) is 12.6. The summed E-state index contributed by atoms with van der Waals surface area (Å²) in [5.74, 6) is 3.45. The molecule has 1 aliphatic heterocycles. The van der Waals surface area contributed by atoms with E-state index in [-0.39, 0.29) is 6.04 Å². The molecule has 1 fully saturated rings. The van der Waals surface area contributed by atoms with Gasteiger partial charge in [0.1, 0.15) is 5.82 Å². The lowest BCUT2D eigenvalue weighted by atomic mass is 10.2. The van der Waals surface area contributed by atoms with Gasteiger partial charge in [0.2, 0.25) is 0 Å². The fraction of sp³-hybridized carbons (Fsp3) is 0.692. The molecule has 0 aromatic carbocycles. The Balaban J connectivity index is 2.15. The van der Waals surface area contributed by atoms with Crippen LogP contribution in [0.5, 0.6) is 0 Å². The van der Waals surface area contributed by atoms with E-state index in [1.54, 1.807) is 0 Å². The minimum absolute atomic E-state index is 0.156. The predicted molar refractivity (Wildman–Crippen MR) is 81.1 cm³/mol. The van der Waals surface area contributed by atoms with Gasteiger partial charge in [-0.1, -0.05) is 6.92 Å². The van der Waals surface area contributed by atoms with Crippen LogP contribution in [-0.4, -0.2) is 32.8 Å². The van der Waals surface area contributed by atoms with Gasteiger partial charge in [0.25, 0.3) is 0 Å². The summed E-state index contributed by atoms with van der Waals surface area (Å²) in [5, 5.41) is 1.09. The second kappa shape index (κ2) is 6.78. The average Bonchev–Trinajstić information content (AvgIpc) is 2.38. The molecule has 0 spiro atoms. The van der Waals surface area contributed by atoms with E-state index in [9.17, 15) is 0 Å². The standard InChI is InChI=1S/C13H21N3S2/c1-3-11-12(18-7-6-17-11)13-15-5-4-10(16-13)8-9(2)14/h4-5,9,11-12H,3,6-8,14H2,1-2H3. The zero-order valence-electron chi connectivity index (χ0n) is 11.0. The van der Waals surface area contributed by atoms with Crippen LogP contribution in [0, 0.1) is 0 Å². The Kier molecular flexibility index (Phi) is 5.33. The van der Waals surface area contributed by atoms with Crippen LogP contribution in [0.25, 0.3) is 0 Å². The Labute approximate surface area is 118 Å². The first-order valence-electron chi connectivity index (χ1n) is 6.51. The monoisotopic (exact) mass is 283 g/mol. The van der Waals surface area contributed by atoms with E-state index in [4.69, 9.17) is 10.7 Å². The number of thioether (sulfide) groups is 2. The van der Waals surface area contributed by atoms with Gasteiger partial charge in [-0.3, -0.25) is 0 Å². The smallest absolute Gasteiger partial charge is 0.142 e.